The molecule has 0 aromatic rings. The van der Waals surface area contributed by atoms with Crippen molar-refractivity contribution in [2.75, 3.05) is 26.3 Å². The van der Waals surface area contributed by atoms with E-state index < -0.39 is 12.8 Å². The topological polar surface area (TPSA) is 55.6 Å². The first-order valence-electron chi connectivity index (χ1n) is 7.53. The van der Waals surface area contributed by atoms with Crippen molar-refractivity contribution in [2.24, 2.45) is 11.7 Å². The maximum absolute atomic E-state index is 12.2. The molecule has 0 aromatic carbocycles. The summed E-state index contributed by atoms with van der Waals surface area (Å²) >= 11 is 0. The fraction of sp³-hybridized carbons (Fsp3) is 0.929. The van der Waals surface area contributed by atoms with Gasteiger partial charge in [-0.25, -0.2) is 0 Å². The Hall–Kier alpha value is -0.820. The highest BCUT2D eigenvalue weighted by Crippen LogP contribution is 2.28. The highest BCUT2D eigenvalue weighted by molar-refractivity contribution is 5.76. The predicted octanol–water partition coefficient (Wildman–Crippen LogP) is 2.32. The van der Waals surface area contributed by atoms with E-state index in [4.69, 9.17) is 5.73 Å². The van der Waals surface area contributed by atoms with E-state index in [0.29, 0.717) is 19.0 Å². The van der Waals surface area contributed by atoms with Gasteiger partial charge in [-0.2, -0.15) is 13.2 Å². The molecule has 21 heavy (non-hydrogen) atoms. The Balaban J connectivity index is 2.45. The number of carbonyl (C=O) groups is 1. The first-order valence-corrected chi connectivity index (χ1v) is 7.53. The summed E-state index contributed by atoms with van der Waals surface area (Å²) in [6.45, 7) is 1.48. The third-order valence-corrected chi connectivity index (χ3v) is 3.96. The summed E-state index contributed by atoms with van der Waals surface area (Å²) in [5.74, 6) is 0.142. The van der Waals surface area contributed by atoms with Crippen molar-refractivity contribution < 1.29 is 22.7 Å². The molecule has 1 amide bonds. The van der Waals surface area contributed by atoms with Crippen molar-refractivity contribution in [3.63, 3.8) is 0 Å². The minimum absolute atomic E-state index is 0.0162. The molecule has 0 heterocycles. The molecule has 7 heteroatoms. The van der Waals surface area contributed by atoms with E-state index in [0.717, 1.165) is 25.7 Å². The van der Waals surface area contributed by atoms with Crippen LogP contribution in [0.2, 0.25) is 0 Å². The molecular weight excluding hydrogens is 285 g/mol. The van der Waals surface area contributed by atoms with E-state index in [1.807, 2.05) is 6.92 Å². The standard InChI is InChI=1S/C14H25F3N2O2/c1-2-19(12-6-4-3-5-11(12)9-18)13(20)7-8-21-10-14(15,16)17/h11-12H,2-10,18H2,1H3. The molecule has 1 fully saturated rings. The number of nitrogens with zero attached hydrogens (tertiary/aromatic N) is 1. The fourth-order valence-electron chi connectivity index (χ4n) is 2.96. The molecule has 1 aliphatic rings. The number of ether oxygens (including phenoxy) is 1. The number of hydrogen-bond acceptors (Lipinski definition) is 3. The van der Waals surface area contributed by atoms with Gasteiger partial charge in [0.2, 0.25) is 5.91 Å². The number of rotatable bonds is 7. The highest BCUT2D eigenvalue weighted by Gasteiger charge is 2.31. The van der Waals surface area contributed by atoms with E-state index in [9.17, 15) is 18.0 Å². The van der Waals surface area contributed by atoms with Crippen LogP contribution in [0.15, 0.2) is 0 Å². The molecule has 2 atom stereocenters. The van der Waals surface area contributed by atoms with Gasteiger partial charge in [0.05, 0.1) is 13.0 Å². The van der Waals surface area contributed by atoms with Gasteiger partial charge in [0.15, 0.2) is 0 Å². The van der Waals surface area contributed by atoms with Crippen LogP contribution in [0.3, 0.4) is 0 Å². The smallest absolute Gasteiger partial charge is 0.372 e. The first-order chi connectivity index (χ1) is 9.89. The molecule has 1 aliphatic carbocycles. The van der Waals surface area contributed by atoms with Crippen molar-refractivity contribution in [1.82, 2.24) is 4.90 Å². The van der Waals surface area contributed by atoms with Gasteiger partial charge in [-0.1, -0.05) is 12.8 Å². The summed E-state index contributed by atoms with van der Waals surface area (Å²) in [4.78, 5) is 13.9. The number of hydrogen-bond donors (Lipinski definition) is 1. The van der Waals surface area contributed by atoms with Gasteiger partial charge in [0.1, 0.15) is 6.61 Å². The van der Waals surface area contributed by atoms with Gasteiger partial charge in [-0.15, -0.1) is 0 Å². The molecule has 1 rings (SSSR count). The zero-order chi connectivity index (χ0) is 15.9. The average Bonchev–Trinajstić information content (AvgIpc) is 2.44. The molecule has 0 aromatic heterocycles. The summed E-state index contributed by atoms with van der Waals surface area (Å²) in [5.41, 5.74) is 5.77. The van der Waals surface area contributed by atoms with Gasteiger partial charge in [-0.3, -0.25) is 4.79 Å². The lowest BCUT2D eigenvalue weighted by atomic mass is 9.83. The van der Waals surface area contributed by atoms with E-state index in [1.54, 1.807) is 4.90 Å². The van der Waals surface area contributed by atoms with Gasteiger partial charge in [0, 0.05) is 12.6 Å². The van der Waals surface area contributed by atoms with Crippen LogP contribution in [0, 0.1) is 5.92 Å². The number of alkyl halides is 3. The van der Waals surface area contributed by atoms with Crippen molar-refractivity contribution in [3.8, 4) is 0 Å². The van der Waals surface area contributed by atoms with Crippen LogP contribution in [0.5, 0.6) is 0 Å². The second-order valence-corrected chi connectivity index (χ2v) is 5.45. The Labute approximate surface area is 123 Å². The van der Waals surface area contributed by atoms with Crippen LogP contribution in [-0.4, -0.2) is 49.3 Å². The summed E-state index contributed by atoms with van der Waals surface area (Å²) in [6, 6.07) is 0.115. The monoisotopic (exact) mass is 310 g/mol. The fourth-order valence-corrected chi connectivity index (χ4v) is 2.96. The second-order valence-electron chi connectivity index (χ2n) is 5.45. The quantitative estimate of drug-likeness (QED) is 0.734. The number of halogens is 3. The number of carbonyl (C=O) groups excluding carboxylic acids is 1. The number of amides is 1. The van der Waals surface area contributed by atoms with Crippen molar-refractivity contribution in [3.05, 3.63) is 0 Å². The van der Waals surface area contributed by atoms with E-state index >= 15 is 0 Å². The summed E-state index contributed by atoms with van der Waals surface area (Å²) in [7, 11) is 0. The van der Waals surface area contributed by atoms with Crippen LogP contribution < -0.4 is 5.73 Å². The third kappa shape index (κ3) is 6.22. The molecule has 0 spiro atoms. The van der Waals surface area contributed by atoms with Crippen LogP contribution in [0.4, 0.5) is 13.2 Å². The Morgan fingerprint density at radius 3 is 2.57 bits per heavy atom. The SMILES string of the molecule is CCN(C(=O)CCOCC(F)(F)F)C1CCCCC1CN. The van der Waals surface area contributed by atoms with Gasteiger partial charge < -0.3 is 15.4 Å². The molecule has 0 aliphatic heterocycles. The Kier molecular flexibility index (Phi) is 7.45. The zero-order valence-electron chi connectivity index (χ0n) is 12.5. The van der Waals surface area contributed by atoms with E-state index in [-0.39, 0.29) is 25.0 Å². The van der Waals surface area contributed by atoms with Gasteiger partial charge in [0.25, 0.3) is 0 Å². The Bertz CT molecular complexity index is 324. The van der Waals surface area contributed by atoms with Crippen molar-refractivity contribution in [1.29, 1.82) is 0 Å². The predicted molar refractivity (Wildman–Crippen MR) is 73.7 cm³/mol. The maximum atomic E-state index is 12.2. The largest absolute Gasteiger partial charge is 0.411 e. The molecule has 4 nitrogen and oxygen atoms in total. The van der Waals surface area contributed by atoms with Crippen molar-refractivity contribution >= 4 is 5.91 Å². The Morgan fingerprint density at radius 2 is 2.00 bits per heavy atom. The number of nitrogens with two attached hydrogens (primary N) is 1. The minimum Gasteiger partial charge on any atom is -0.372 e. The lowest BCUT2D eigenvalue weighted by molar-refractivity contribution is -0.175. The lowest BCUT2D eigenvalue weighted by Crippen LogP contribution is -2.48. The van der Waals surface area contributed by atoms with Gasteiger partial charge in [-0.05, 0) is 32.2 Å². The van der Waals surface area contributed by atoms with E-state index in [1.165, 1.54) is 0 Å². The summed E-state index contributed by atoms with van der Waals surface area (Å²) in [5, 5.41) is 0. The molecule has 0 bridgehead atoms. The lowest BCUT2D eigenvalue weighted by Gasteiger charge is -2.39. The minimum atomic E-state index is -4.35. The molecule has 2 unspecified atom stereocenters. The second kappa shape index (κ2) is 8.58. The summed E-state index contributed by atoms with van der Waals surface area (Å²) < 4.78 is 40.4. The first kappa shape index (κ1) is 18.2. The van der Waals surface area contributed by atoms with E-state index in [2.05, 4.69) is 4.74 Å². The molecule has 0 saturated heterocycles. The Morgan fingerprint density at radius 1 is 1.33 bits per heavy atom. The molecule has 0 radical (unpaired) electrons. The average molecular weight is 310 g/mol. The van der Waals surface area contributed by atoms with Crippen LogP contribution in [-0.2, 0) is 9.53 Å². The van der Waals surface area contributed by atoms with Crippen LogP contribution in [0.25, 0.3) is 0 Å². The third-order valence-electron chi connectivity index (χ3n) is 3.96. The maximum Gasteiger partial charge on any atom is 0.411 e. The highest BCUT2D eigenvalue weighted by atomic mass is 19.4. The molecular formula is C14H25F3N2O2. The zero-order valence-corrected chi connectivity index (χ0v) is 12.5. The summed E-state index contributed by atoms with van der Waals surface area (Å²) in [6.07, 6.45) is -0.242. The van der Waals surface area contributed by atoms with Crippen LogP contribution >= 0.6 is 0 Å². The molecule has 1 saturated carbocycles. The molecule has 124 valence electrons. The van der Waals surface area contributed by atoms with Crippen LogP contribution in [0.1, 0.15) is 39.0 Å². The van der Waals surface area contributed by atoms with Gasteiger partial charge >= 0.3 is 6.18 Å². The van der Waals surface area contributed by atoms with Crippen molar-refractivity contribution in [2.45, 2.75) is 51.2 Å². The normalized spacial score (nSPS) is 23.1. The molecule has 2 N–H and O–H groups in total.